The summed E-state index contributed by atoms with van der Waals surface area (Å²) in [6.45, 7) is 14.0. The highest BCUT2D eigenvalue weighted by molar-refractivity contribution is 4.97. The molecule has 0 aromatic heterocycles. The van der Waals surface area contributed by atoms with Crippen LogP contribution in [0.15, 0.2) is 12.3 Å². The van der Waals surface area contributed by atoms with E-state index < -0.39 is 0 Å². The topological polar surface area (TPSA) is 15.3 Å². The first-order valence-electron chi connectivity index (χ1n) is 5.82. The van der Waals surface area contributed by atoms with Gasteiger partial charge < -0.3 is 10.2 Å². The Hall–Kier alpha value is -0.500. The SMILES string of the molecule is C=C(C(C)C)N(CC)CCNC1CC1. The zero-order valence-electron chi connectivity index (χ0n) is 9.84. The summed E-state index contributed by atoms with van der Waals surface area (Å²) < 4.78 is 0. The molecule has 0 unspecified atom stereocenters. The lowest BCUT2D eigenvalue weighted by molar-refractivity contribution is 0.326. The van der Waals surface area contributed by atoms with E-state index in [1.807, 2.05) is 0 Å². The Morgan fingerprint density at radius 3 is 2.57 bits per heavy atom. The number of likely N-dealkylation sites (N-methyl/N-ethyl adjacent to an activating group) is 1. The molecule has 0 spiro atoms. The van der Waals surface area contributed by atoms with Gasteiger partial charge in [0.25, 0.3) is 0 Å². The zero-order chi connectivity index (χ0) is 10.6. The Kier molecular flexibility index (Phi) is 4.46. The van der Waals surface area contributed by atoms with Crippen molar-refractivity contribution in [3.05, 3.63) is 12.3 Å². The Labute approximate surface area is 88.4 Å². The van der Waals surface area contributed by atoms with Crippen LogP contribution >= 0.6 is 0 Å². The van der Waals surface area contributed by atoms with E-state index in [1.54, 1.807) is 0 Å². The third kappa shape index (κ3) is 3.70. The van der Waals surface area contributed by atoms with E-state index in [9.17, 15) is 0 Å². The highest BCUT2D eigenvalue weighted by Crippen LogP contribution is 2.18. The first-order valence-corrected chi connectivity index (χ1v) is 5.82. The third-order valence-electron chi connectivity index (χ3n) is 2.85. The maximum absolute atomic E-state index is 4.14. The van der Waals surface area contributed by atoms with Crippen LogP contribution in [-0.2, 0) is 0 Å². The number of nitrogens with one attached hydrogen (secondary N) is 1. The monoisotopic (exact) mass is 196 g/mol. The Bertz CT molecular complexity index is 183. The maximum atomic E-state index is 4.14. The van der Waals surface area contributed by atoms with E-state index in [-0.39, 0.29) is 0 Å². The standard InChI is InChI=1S/C12H24N2/c1-5-14(11(4)10(2)3)9-8-13-12-6-7-12/h10,12-13H,4-9H2,1-3H3. The van der Waals surface area contributed by atoms with Crippen molar-refractivity contribution in [3.8, 4) is 0 Å². The first-order chi connectivity index (χ1) is 6.65. The molecule has 2 nitrogen and oxygen atoms in total. The van der Waals surface area contributed by atoms with E-state index in [1.165, 1.54) is 18.5 Å². The predicted molar refractivity (Wildman–Crippen MR) is 62.2 cm³/mol. The van der Waals surface area contributed by atoms with Gasteiger partial charge in [-0.15, -0.1) is 0 Å². The fraction of sp³-hybridized carbons (Fsp3) is 0.833. The Morgan fingerprint density at radius 1 is 1.50 bits per heavy atom. The summed E-state index contributed by atoms with van der Waals surface area (Å²) in [5.41, 5.74) is 1.27. The molecule has 0 heterocycles. The van der Waals surface area contributed by atoms with Gasteiger partial charge in [0, 0.05) is 31.4 Å². The van der Waals surface area contributed by atoms with Gasteiger partial charge in [-0.2, -0.15) is 0 Å². The van der Waals surface area contributed by atoms with Crippen LogP contribution in [0.2, 0.25) is 0 Å². The molecule has 0 aromatic carbocycles. The van der Waals surface area contributed by atoms with Gasteiger partial charge >= 0.3 is 0 Å². The molecular formula is C12H24N2. The molecule has 1 aliphatic rings. The van der Waals surface area contributed by atoms with Crippen LogP contribution < -0.4 is 5.32 Å². The van der Waals surface area contributed by atoms with Crippen molar-refractivity contribution in [2.45, 2.75) is 39.7 Å². The molecule has 1 fully saturated rings. The van der Waals surface area contributed by atoms with Gasteiger partial charge in [-0.1, -0.05) is 20.4 Å². The second kappa shape index (κ2) is 5.40. The zero-order valence-corrected chi connectivity index (χ0v) is 9.84. The van der Waals surface area contributed by atoms with E-state index in [0.717, 1.165) is 25.7 Å². The summed E-state index contributed by atoms with van der Waals surface area (Å²) >= 11 is 0. The molecule has 1 rings (SSSR count). The molecule has 1 aliphatic carbocycles. The third-order valence-corrected chi connectivity index (χ3v) is 2.85. The lowest BCUT2D eigenvalue weighted by atomic mass is 10.1. The molecule has 0 aromatic rings. The summed E-state index contributed by atoms with van der Waals surface area (Å²) in [5.74, 6) is 0.566. The number of hydrogen-bond donors (Lipinski definition) is 1. The van der Waals surface area contributed by atoms with Gasteiger partial charge in [0.15, 0.2) is 0 Å². The number of hydrogen-bond acceptors (Lipinski definition) is 2. The van der Waals surface area contributed by atoms with E-state index >= 15 is 0 Å². The lowest BCUT2D eigenvalue weighted by Gasteiger charge is -2.27. The second-order valence-corrected chi connectivity index (χ2v) is 4.45. The molecule has 82 valence electrons. The summed E-state index contributed by atoms with van der Waals surface area (Å²) in [6.07, 6.45) is 2.74. The predicted octanol–water partition coefficient (Wildman–Crippen LogP) is 2.23. The molecule has 1 saturated carbocycles. The molecule has 0 bridgehead atoms. The van der Waals surface area contributed by atoms with E-state index in [0.29, 0.717) is 5.92 Å². The fourth-order valence-electron chi connectivity index (χ4n) is 1.56. The van der Waals surface area contributed by atoms with Crippen molar-refractivity contribution in [2.75, 3.05) is 19.6 Å². The maximum Gasteiger partial charge on any atom is 0.0300 e. The summed E-state index contributed by atoms with van der Waals surface area (Å²) in [4.78, 5) is 2.38. The number of nitrogens with zero attached hydrogens (tertiary/aromatic N) is 1. The quantitative estimate of drug-likeness (QED) is 0.672. The minimum Gasteiger partial charge on any atom is -0.374 e. The van der Waals surface area contributed by atoms with Gasteiger partial charge in [-0.05, 0) is 25.7 Å². The summed E-state index contributed by atoms with van der Waals surface area (Å²) in [7, 11) is 0. The minimum atomic E-state index is 0.566. The summed E-state index contributed by atoms with van der Waals surface area (Å²) in [5, 5.41) is 3.53. The minimum absolute atomic E-state index is 0.566. The molecule has 2 heteroatoms. The molecule has 14 heavy (non-hydrogen) atoms. The van der Waals surface area contributed by atoms with Crippen LogP contribution in [0, 0.1) is 5.92 Å². The van der Waals surface area contributed by atoms with Crippen molar-refractivity contribution >= 4 is 0 Å². The van der Waals surface area contributed by atoms with Crippen molar-refractivity contribution in [1.29, 1.82) is 0 Å². The van der Waals surface area contributed by atoms with Crippen LogP contribution in [0.25, 0.3) is 0 Å². The normalized spacial score (nSPS) is 16.0. The molecule has 0 aliphatic heterocycles. The Morgan fingerprint density at radius 2 is 2.14 bits per heavy atom. The largest absolute Gasteiger partial charge is 0.374 e. The van der Waals surface area contributed by atoms with Crippen molar-refractivity contribution in [1.82, 2.24) is 10.2 Å². The highest BCUT2D eigenvalue weighted by Gasteiger charge is 2.20. The van der Waals surface area contributed by atoms with Crippen LogP contribution in [-0.4, -0.2) is 30.6 Å². The van der Waals surface area contributed by atoms with Crippen LogP contribution in [0.3, 0.4) is 0 Å². The first kappa shape index (κ1) is 11.6. The van der Waals surface area contributed by atoms with E-state index in [4.69, 9.17) is 0 Å². The highest BCUT2D eigenvalue weighted by atomic mass is 15.1. The van der Waals surface area contributed by atoms with Crippen LogP contribution in [0.4, 0.5) is 0 Å². The molecule has 0 radical (unpaired) electrons. The molecule has 0 saturated heterocycles. The average Bonchev–Trinajstić information content (AvgIpc) is 2.95. The molecule has 0 atom stereocenters. The van der Waals surface area contributed by atoms with Gasteiger partial charge in [0.05, 0.1) is 0 Å². The second-order valence-electron chi connectivity index (χ2n) is 4.45. The number of rotatable bonds is 7. The number of allylic oxidation sites excluding steroid dienone is 1. The van der Waals surface area contributed by atoms with Gasteiger partial charge in [-0.25, -0.2) is 0 Å². The lowest BCUT2D eigenvalue weighted by Crippen LogP contribution is -2.33. The van der Waals surface area contributed by atoms with Crippen LogP contribution in [0.1, 0.15) is 33.6 Å². The smallest absolute Gasteiger partial charge is 0.0300 e. The summed E-state index contributed by atoms with van der Waals surface area (Å²) in [6, 6.07) is 0.820. The van der Waals surface area contributed by atoms with Gasteiger partial charge in [0.1, 0.15) is 0 Å². The molecule has 0 amide bonds. The van der Waals surface area contributed by atoms with Crippen molar-refractivity contribution in [2.24, 2.45) is 5.92 Å². The molecular weight excluding hydrogens is 172 g/mol. The van der Waals surface area contributed by atoms with E-state index in [2.05, 4.69) is 37.6 Å². The van der Waals surface area contributed by atoms with Gasteiger partial charge in [0.2, 0.25) is 0 Å². The van der Waals surface area contributed by atoms with Crippen molar-refractivity contribution in [3.63, 3.8) is 0 Å². The molecule has 1 N–H and O–H groups in total. The average molecular weight is 196 g/mol. The fourth-order valence-corrected chi connectivity index (χ4v) is 1.56. The Balaban J connectivity index is 2.18. The van der Waals surface area contributed by atoms with Crippen LogP contribution in [0.5, 0.6) is 0 Å². The van der Waals surface area contributed by atoms with Gasteiger partial charge in [-0.3, -0.25) is 0 Å². The van der Waals surface area contributed by atoms with Crippen molar-refractivity contribution < 1.29 is 0 Å².